The molecule has 0 aromatic carbocycles. The fourth-order valence-electron chi connectivity index (χ4n) is 3.99. The van der Waals surface area contributed by atoms with E-state index in [-0.39, 0.29) is 18.2 Å². The minimum atomic E-state index is -0.0634. The summed E-state index contributed by atoms with van der Waals surface area (Å²) in [7, 11) is 0. The van der Waals surface area contributed by atoms with E-state index in [9.17, 15) is 4.79 Å². The van der Waals surface area contributed by atoms with Gasteiger partial charge in [0.05, 0.1) is 19.3 Å². The van der Waals surface area contributed by atoms with Crippen molar-refractivity contribution in [3.63, 3.8) is 0 Å². The third-order valence-electron chi connectivity index (χ3n) is 5.30. The molecule has 5 heteroatoms. The van der Waals surface area contributed by atoms with Gasteiger partial charge in [-0.2, -0.15) is 0 Å². The van der Waals surface area contributed by atoms with E-state index in [0.29, 0.717) is 19.1 Å². The summed E-state index contributed by atoms with van der Waals surface area (Å²) < 4.78 is 11.0. The molecule has 2 aliphatic heterocycles. The Morgan fingerprint density at radius 1 is 1.05 bits per heavy atom. The number of carbonyl (C=O) groups excluding carboxylic acids is 1. The van der Waals surface area contributed by atoms with Crippen molar-refractivity contribution < 1.29 is 14.3 Å². The SMILES string of the molecule is O=C(NCC1CCCCC1)C1CCCN1CCC1OCCO1. The van der Waals surface area contributed by atoms with Crippen molar-refractivity contribution in [3.05, 3.63) is 0 Å². The van der Waals surface area contributed by atoms with E-state index in [0.717, 1.165) is 38.9 Å². The van der Waals surface area contributed by atoms with E-state index < -0.39 is 0 Å². The molecule has 1 N–H and O–H groups in total. The van der Waals surface area contributed by atoms with Crippen molar-refractivity contribution in [2.24, 2.45) is 5.92 Å². The van der Waals surface area contributed by atoms with Crippen LogP contribution in [-0.2, 0) is 14.3 Å². The van der Waals surface area contributed by atoms with Gasteiger partial charge in [-0.25, -0.2) is 0 Å². The monoisotopic (exact) mass is 310 g/mol. The lowest BCUT2D eigenvalue weighted by molar-refractivity contribution is -0.126. The second-order valence-electron chi connectivity index (χ2n) is 6.90. The summed E-state index contributed by atoms with van der Waals surface area (Å²) in [6.07, 6.45) is 9.51. The minimum Gasteiger partial charge on any atom is -0.354 e. The number of ether oxygens (including phenoxy) is 2. The molecule has 1 amide bonds. The highest BCUT2D eigenvalue weighted by molar-refractivity contribution is 5.82. The second-order valence-corrected chi connectivity index (χ2v) is 6.90. The standard InChI is InChI=1S/C17H30N2O3/c20-17(18-13-14-5-2-1-3-6-14)15-7-4-9-19(15)10-8-16-21-11-12-22-16/h14-16H,1-13H2,(H,18,20). The van der Waals surface area contributed by atoms with Gasteiger partial charge in [0, 0.05) is 19.5 Å². The van der Waals surface area contributed by atoms with Crippen LogP contribution in [0.1, 0.15) is 51.4 Å². The van der Waals surface area contributed by atoms with Gasteiger partial charge in [0.1, 0.15) is 0 Å². The first-order valence-electron chi connectivity index (χ1n) is 9.08. The summed E-state index contributed by atoms with van der Waals surface area (Å²) in [4.78, 5) is 14.8. The predicted octanol–water partition coefficient (Wildman–Crippen LogP) is 1.91. The average molecular weight is 310 g/mol. The van der Waals surface area contributed by atoms with Crippen LogP contribution in [0.5, 0.6) is 0 Å². The molecule has 0 radical (unpaired) electrons. The van der Waals surface area contributed by atoms with Crippen LogP contribution in [0.3, 0.4) is 0 Å². The maximum atomic E-state index is 12.5. The Hall–Kier alpha value is -0.650. The third kappa shape index (κ3) is 4.43. The molecule has 0 aromatic rings. The Bertz CT molecular complexity index is 352. The van der Waals surface area contributed by atoms with Crippen LogP contribution >= 0.6 is 0 Å². The Morgan fingerprint density at radius 2 is 1.82 bits per heavy atom. The van der Waals surface area contributed by atoms with Gasteiger partial charge in [-0.1, -0.05) is 19.3 Å². The van der Waals surface area contributed by atoms with Crippen LogP contribution in [0, 0.1) is 5.92 Å². The first-order chi connectivity index (χ1) is 10.8. The van der Waals surface area contributed by atoms with Crippen LogP contribution in [0.25, 0.3) is 0 Å². The van der Waals surface area contributed by atoms with Crippen molar-refractivity contribution in [1.82, 2.24) is 10.2 Å². The molecule has 0 aromatic heterocycles. The van der Waals surface area contributed by atoms with Crippen LogP contribution in [0.4, 0.5) is 0 Å². The quantitative estimate of drug-likeness (QED) is 0.814. The van der Waals surface area contributed by atoms with Gasteiger partial charge in [0.25, 0.3) is 0 Å². The number of amides is 1. The molecule has 1 unspecified atom stereocenters. The maximum Gasteiger partial charge on any atom is 0.237 e. The summed E-state index contributed by atoms with van der Waals surface area (Å²) in [5.74, 6) is 0.934. The number of nitrogens with one attached hydrogen (secondary N) is 1. The molecule has 3 aliphatic rings. The summed E-state index contributed by atoms with van der Waals surface area (Å²) in [6, 6.07) is 0.0602. The molecule has 1 saturated carbocycles. The lowest BCUT2D eigenvalue weighted by atomic mass is 9.89. The van der Waals surface area contributed by atoms with Crippen molar-refractivity contribution in [2.75, 3.05) is 32.8 Å². The largest absolute Gasteiger partial charge is 0.354 e. The van der Waals surface area contributed by atoms with Crippen LogP contribution in [0.15, 0.2) is 0 Å². The van der Waals surface area contributed by atoms with E-state index in [1.807, 2.05) is 0 Å². The lowest BCUT2D eigenvalue weighted by Crippen LogP contribution is -2.45. The summed E-state index contributed by atoms with van der Waals surface area (Å²) in [5, 5.41) is 3.21. The zero-order valence-electron chi connectivity index (χ0n) is 13.6. The topological polar surface area (TPSA) is 50.8 Å². The Kier molecular flexibility index (Phi) is 6.10. The molecular weight excluding hydrogens is 280 g/mol. The molecule has 22 heavy (non-hydrogen) atoms. The van der Waals surface area contributed by atoms with Crippen LogP contribution in [0.2, 0.25) is 0 Å². The fourth-order valence-corrected chi connectivity index (χ4v) is 3.99. The second kappa shape index (κ2) is 8.27. The molecule has 0 spiro atoms. The van der Waals surface area contributed by atoms with Crippen molar-refractivity contribution in [1.29, 1.82) is 0 Å². The molecule has 1 aliphatic carbocycles. The summed E-state index contributed by atoms with van der Waals surface area (Å²) in [5.41, 5.74) is 0. The number of rotatable bonds is 6. The highest BCUT2D eigenvalue weighted by Crippen LogP contribution is 2.23. The highest BCUT2D eigenvalue weighted by atomic mass is 16.7. The van der Waals surface area contributed by atoms with Crippen LogP contribution < -0.4 is 5.32 Å². The first kappa shape index (κ1) is 16.2. The third-order valence-corrected chi connectivity index (χ3v) is 5.30. The molecule has 3 rings (SSSR count). The maximum absolute atomic E-state index is 12.5. The summed E-state index contributed by atoms with van der Waals surface area (Å²) in [6.45, 7) is 4.20. The Morgan fingerprint density at radius 3 is 2.59 bits per heavy atom. The van der Waals surface area contributed by atoms with Crippen molar-refractivity contribution in [3.8, 4) is 0 Å². The lowest BCUT2D eigenvalue weighted by Gasteiger charge is -2.26. The Labute approximate surface area is 133 Å². The number of carbonyl (C=O) groups is 1. The van der Waals surface area contributed by atoms with Gasteiger partial charge in [0.2, 0.25) is 5.91 Å². The smallest absolute Gasteiger partial charge is 0.237 e. The summed E-state index contributed by atoms with van der Waals surface area (Å²) >= 11 is 0. The first-order valence-corrected chi connectivity index (χ1v) is 9.08. The van der Waals surface area contributed by atoms with E-state index in [1.54, 1.807) is 0 Å². The minimum absolute atomic E-state index is 0.0602. The van der Waals surface area contributed by atoms with Gasteiger partial charge in [-0.05, 0) is 38.1 Å². The number of hydrogen-bond donors (Lipinski definition) is 1. The van der Waals surface area contributed by atoms with Gasteiger partial charge in [-0.15, -0.1) is 0 Å². The van der Waals surface area contributed by atoms with E-state index in [4.69, 9.17) is 9.47 Å². The molecule has 1 atom stereocenters. The highest BCUT2D eigenvalue weighted by Gasteiger charge is 2.31. The molecule has 2 heterocycles. The van der Waals surface area contributed by atoms with E-state index in [2.05, 4.69) is 10.2 Å². The zero-order valence-corrected chi connectivity index (χ0v) is 13.6. The van der Waals surface area contributed by atoms with Gasteiger partial charge in [-0.3, -0.25) is 9.69 Å². The normalized spacial score (nSPS) is 28.3. The molecular formula is C17H30N2O3. The van der Waals surface area contributed by atoms with E-state index >= 15 is 0 Å². The van der Waals surface area contributed by atoms with Crippen molar-refractivity contribution in [2.45, 2.75) is 63.7 Å². The fraction of sp³-hybridized carbons (Fsp3) is 0.941. The predicted molar refractivity (Wildman–Crippen MR) is 84.5 cm³/mol. The van der Waals surface area contributed by atoms with Gasteiger partial charge < -0.3 is 14.8 Å². The number of nitrogens with zero attached hydrogens (tertiary/aromatic N) is 1. The molecule has 126 valence electrons. The molecule has 3 fully saturated rings. The van der Waals surface area contributed by atoms with Gasteiger partial charge in [0.15, 0.2) is 6.29 Å². The van der Waals surface area contributed by atoms with Crippen LogP contribution in [-0.4, -0.2) is 56.0 Å². The van der Waals surface area contributed by atoms with Gasteiger partial charge >= 0.3 is 0 Å². The number of likely N-dealkylation sites (tertiary alicyclic amines) is 1. The molecule has 0 bridgehead atoms. The van der Waals surface area contributed by atoms with E-state index in [1.165, 1.54) is 32.1 Å². The average Bonchev–Trinajstić information content (AvgIpc) is 3.22. The Balaban J connectivity index is 1.39. The molecule has 2 saturated heterocycles. The van der Waals surface area contributed by atoms with Crippen molar-refractivity contribution >= 4 is 5.91 Å². The molecule has 5 nitrogen and oxygen atoms in total. The zero-order chi connectivity index (χ0) is 15.2. The number of hydrogen-bond acceptors (Lipinski definition) is 4.